The van der Waals surface area contributed by atoms with Crippen LogP contribution in [0.2, 0.25) is 0 Å². The van der Waals surface area contributed by atoms with E-state index in [9.17, 15) is 14.4 Å². The molecule has 3 rings (SSSR count). The lowest BCUT2D eigenvalue weighted by Gasteiger charge is -2.16. The second-order valence-corrected chi connectivity index (χ2v) is 6.61. The van der Waals surface area contributed by atoms with E-state index in [1.807, 2.05) is 42.5 Å². The summed E-state index contributed by atoms with van der Waals surface area (Å²) in [4.78, 5) is 37.1. The van der Waals surface area contributed by atoms with E-state index in [0.29, 0.717) is 5.56 Å². The predicted octanol–water partition coefficient (Wildman–Crippen LogP) is 2.25. The number of ether oxygens (including phenoxy) is 1. The Morgan fingerprint density at radius 3 is 2.26 bits per heavy atom. The largest absolute Gasteiger partial charge is 0.452 e. The van der Waals surface area contributed by atoms with Crippen molar-refractivity contribution < 1.29 is 19.1 Å². The smallest absolute Gasteiger partial charge is 0.338 e. The van der Waals surface area contributed by atoms with Gasteiger partial charge in [-0.3, -0.25) is 9.59 Å². The number of esters is 1. The molecule has 1 fully saturated rings. The van der Waals surface area contributed by atoms with Gasteiger partial charge in [0.25, 0.3) is 5.91 Å². The van der Waals surface area contributed by atoms with Gasteiger partial charge in [-0.05, 0) is 36.1 Å². The molecule has 1 saturated carbocycles. The first kappa shape index (κ1) is 18.6. The van der Waals surface area contributed by atoms with Crippen LogP contribution < -0.4 is 5.32 Å². The quantitative estimate of drug-likeness (QED) is 0.763. The van der Waals surface area contributed by atoms with Crippen LogP contribution in [0.1, 0.15) is 23.2 Å². The van der Waals surface area contributed by atoms with E-state index in [-0.39, 0.29) is 18.5 Å². The molecule has 6 nitrogen and oxygen atoms in total. The molecular weight excluding hydrogens is 344 g/mol. The van der Waals surface area contributed by atoms with E-state index in [2.05, 4.69) is 5.32 Å². The Balaban J connectivity index is 1.48. The lowest BCUT2D eigenvalue weighted by Crippen LogP contribution is -2.40. The van der Waals surface area contributed by atoms with E-state index in [4.69, 9.17) is 4.74 Å². The Kier molecular flexibility index (Phi) is 5.86. The molecule has 0 atom stereocenters. The first-order chi connectivity index (χ1) is 13.0. The normalized spacial score (nSPS) is 12.9. The number of rotatable bonds is 7. The number of benzene rings is 2. The van der Waals surface area contributed by atoms with E-state index in [1.165, 1.54) is 11.9 Å². The van der Waals surface area contributed by atoms with Gasteiger partial charge in [0, 0.05) is 13.1 Å². The van der Waals surface area contributed by atoms with Gasteiger partial charge >= 0.3 is 5.97 Å². The summed E-state index contributed by atoms with van der Waals surface area (Å²) in [6.07, 6.45) is 1.98. The molecule has 0 saturated heterocycles. The highest BCUT2D eigenvalue weighted by molar-refractivity contribution is 5.92. The maximum Gasteiger partial charge on any atom is 0.338 e. The third-order valence-corrected chi connectivity index (χ3v) is 4.30. The molecule has 6 heteroatoms. The summed E-state index contributed by atoms with van der Waals surface area (Å²) in [7, 11) is 1.51. The molecule has 0 bridgehead atoms. The van der Waals surface area contributed by atoms with Crippen LogP contribution in [0.4, 0.5) is 0 Å². The van der Waals surface area contributed by atoms with E-state index < -0.39 is 18.5 Å². The highest BCUT2D eigenvalue weighted by atomic mass is 16.5. The number of hydrogen-bond acceptors (Lipinski definition) is 4. The third kappa shape index (κ3) is 5.41. The van der Waals surface area contributed by atoms with Crippen LogP contribution in [0.25, 0.3) is 11.1 Å². The molecule has 1 aliphatic rings. The molecule has 27 heavy (non-hydrogen) atoms. The number of carbonyl (C=O) groups excluding carboxylic acids is 3. The summed E-state index contributed by atoms with van der Waals surface area (Å²) in [5.74, 6) is -1.19. The van der Waals surface area contributed by atoms with Crippen LogP contribution in [0.3, 0.4) is 0 Å². The highest BCUT2D eigenvalue weighted by Crippen LogP contribution is 2.19. The van der Waals surface area contributed by atoms with Crippen molar-refractivity contribution in [1.82, 2.24) is 10.2 Å². The Morgan fingerprint density at radius 1 is 1.00 bits per heavy atom. The molecule has 0 aliphatic heterocycles. The molecule has 0 heterocycles. The van der Waals surface area contributed by atoms with Crippen molar-refractivity contribution in [1.29, 1.82) is 0 Å². The SMILES string of the molecule is CN(CC(=O)NC1CC1)C(=O)COC(=O)c1ccc(-c2ccccc2)cc1. The van der Waals surface area contributed by atoms with Gasteiger partial charge in [0.15, 0.2) is 6.61 Å². The molecular formula is C21H22N2O4. The molecule has 0 radical (unpaired) electrons. The fraction of sp³-hybridized carbons (Fsp3) is 0.286. The van der Waals surface area contributed by atoms with Gasteiger partial charge < -0.3 is 15.0 Å². The number of likely N-dealkylation sites (N-methyl/N-ethyl adjacent to an activating group) is 1. The average Bonchev–Trinajstić information content (AvgIpc) is 3.50. The minimum Gasteiger partial charge on any atom is -0.452 e. The van der Waals surface area contributed by atoms with Crippen LogP contribution in [0.5, 0.6) is 0 Å². The highest BCUT2D eigenvalue weighted by Gasteiger charge is 2.24. The standard InChI is InChI=1S/C21H22N2O4/c1-23(13-19(24)22-18-11-12-18)20(25)14-27-21(26)17-9-7-16(8-10-17)15-5-3-2-4-6-15/h2-10,18H,11-14H2,1H3,(H,22,24). The molecule has 0 unspecified atom stereocenters. The van der Waals surface area contributed by atoms with Gasteiger partial charge in [0.1, 0.15) is 0 Å². The number of hydrogen-bond donors (Lipinski definition) is 1. The van der Waals surface area contributed by atoms with Crippen molar-refractivity contribution >= 4 is 17.8 Å². The molecule has 2 amide bonds. The second kappa shape index (κ2) is 8.49. The van der Waals surface area contributed by atoms with Gasteiger partial charge in [0.2, 0.25) is 5.91 Å². The maximum absolute atomic E-state index is 12.1. The van der Waals surface area contributed by atoms with Crippen LogP contribution in [-0.4, -0.2) is 48.9 Å². The first-order valence-corrected chi connectivity index (χ1v) is 8.89. The van der Waals surface area contributed by atoms with Crippen molar-refractivity contribution in [2.45, 2.75) is 18.9 Å². The fourth-order valence-corrected chi connectivity index (χ4v) is 2.55. The van der Waals surface area contributed by atoms with Crippen LogP contribution in [0.15, 0.2) is 54.6 Å². The van der Waals surface area contributed by atoms with Crippen LogP contribution in [-0.2, 0) is 14.3 Å². The summed E-state index contributed by atoms with van der Waals surface area (Å²) in [6, 6.07) is 17.1. The first-order valence-electron chi connectivity index (χ1n) is 8.89. The van der Waals surface area contributed by atoms with Gasteiger partial charge in [-0.15, -0.1) is 0 Å². The number of amides is 2. The number of nitrogens with one attached hydrogen (secondary N) is 1. The van der Waals surface area contributed by atoms with Crippen molar-refractivity contribution in [3.05, 3.63) is 60.2 Å². The predicted molar refractivity (Wildman–Crippen MR) is 101 cm³/mol. The van der Waals surface area contributed by atoms with Gasteiger partial charge in [-0.25, -0.2) is 4.79 Å². The monoisotopic (exact) mass is 366 g/mol. The molecule has 2 aromatic rings. The lowest BCUT2D eigenvalue weighted by molar-refractivity contribution is -0.137. The minimum atomic E-state index is -0.571. The van der Waals surface area contributed by atoms with Crippen molar-refractivity contribution in [3.63, 3.8) is 0 Å². The Morgan fingerprint density at radius 2 is 1.63 bits per heavy atom. The second-order valence-electron chi connectivity index (χ2n) is 6.61. The fourth-order valence-electron chi connectivity index (χ4n) is 2.55. The minimum absolute atomic E-state index is 0.0430. The summed E-state index contributed by atoms with van der Waals surface area (Å²) in [5, 5.41) is 2.81. The summed E-state index contributed by atoms with van der Waals surface area (Å²) in [5.41, 5.74) is 2.42. The van der Waals surface area contributed by atoms with Gasteiger partial charge in [0.05, 0.1) is 12.1 Å². The Labute approximate surface area is 158 Å². The van der Waals surface area contributed by atoms with E-state index >= 15 is 0 Å². The molecule has 1 N–H and O–H groups in total. The number of carbonyl (C=O) groups is 3. The lowest BCUT2D eigenvalue weighted by atomic mass is 10.0. The zero-order chi connectivity index (χ0) is 19.2. The van der Waals surface area contributed by atoms with Crippen molar-refractivity contribution in [3.8, 4) is 11.1 Å². The van der Waals surface area contributed by atoms with Crippen molar-refractivity contribution in [2.24, 2.45) is 0 Å². The van der Waals surface area contributed by atoms with Gasteiger partial charge in [-0.2, -0.15) is 0 Å². The third-order valence-electron chi connectivity index (χ3n) is 4.30. The molecule has 140 valence electrons. The Hall–Kier alpha value is -3.15. The number of nitrogens with zero attached hydrogens (tertiary/aromatic N) is 1. The molecule has 0 spiro atoms. The van der Waals surface area contributed by atoms with E-state index in [1.54, 1.807) is 12.1 Å². The average molecular weight is 366 g/mol. The van der Waals surface area contributed by atoms with Crippen LogP contribution in [0, 0.1) is 0 Å². The van der Waals surface area contributed by atoms with Crippen molar-refractivity contribution in [2.75, 3.05) is 20.2 Å². The molecule has 2 aromatic carbocycles. The van der Waals surface area contributed by atoms with Gasteiger partial charge in [-0.1, -0.05) is 42.5 Å². The summed E-state index contributed by atoms with van der Waals surface area (Å²) in [6.45, 7) is -0.439. The maximum atomic E-state index is 12.1. The zero-order valence-corrected chi connectivity index (χ0v) is 15.2. The summed E-state index contributed by atoms with van der Waals surface area (Å²) < 4.78 is 5.07. The molecule has 1 aliphatic carbocycles. The zero-order valence-electron chi connectivity index (χ0n) is 15.2. The Bertz CT molecular complexity index is 814. The van der Waals surface area contributed by atoms with E-state index in [0.717, 1.165) is 24.0 Å². The molecule has 0 aromatic heterocycles. The summed E-state index contributed by atoms with van der Waals surface area (Å²) >= 11 is 0. The van der Waals surface area contributed by atoms with Crippen LogP contribution >= 0.6 is 0 Å². The topological polar surface area (TPSA) is 75.7 Å².